The highest BCUT2D eigenvalue weighted by atomic mass is 16.3. The molecule has 0 aliphatic carbocycles. The zero-order valence-electron chi connectivity index (χ0n) is 13.8. The second-order valence-electron chi connectivity index (χ2n) is 6.98. The molecule has 0 saturated carbocycles. The van der Waals surface area contributed by atoms with Crippen molar-refractivity contribution in [3.05, 3.63) is 35.9 Å². The molecule has 2 rings (SSSR count). The van der Waals surface area contributed by atoms with Crippen LogP contribution in [0.1, 0.15) is 50.9 Å². The van der Waals surface area contributed by atoms with Crippen LogP contribution in [0.15, 0.2) is 30.3 Å². The summed E-state index contributed by atoms with van der Waals surface area (Å²) in [5.41, 5.74) is 5.78. The fraction of sp³-hybridized carbons (Fsp3) is 0.588. The van der Waals surface area contributed by atoms with E-state index in [4.69, 9.17) is 5.73 Å². The van der Waals surface area contributed by atoms with Gasteiger partial charge in [0.05, 0.1) is 6.10 Å². The van der Waals surface area contributed by atoms with Crippen molar-refractivity contribution < 1.29 is 9.90 Å². The maximum absolute atomic E-state index is 10.4. The Morgan fingerprint density at radius 1 is 1.14 bits per heavy atom. The van der Waals surface area contributed by atoms with E-state index in [9.17, 15) is 9.90 Å². The first-order valence-corrected chi connectivity index (χ1v) is 7.33. The van der Waals surface area contributed by atoms with Crippen LogP contribution in [-0.2, 0) is 0 Å². The number of carbonyl (C=O) groups excluding carboxylic acids is 1. The highest BCUT2D eigenvalue weighted by Crippen LogP contribution is 2.36. The summed E-state index contributed by atoms with van der Waals surface area (Å²) in [6.07, 6.45) is 1.63. The number of nitrogens with zero attached hydrogens (tertiary/aromatic N) is 1. The summed E-state index contributed by atoms with van der Waals surface area (Å²) in [5.74, 6) is -0.379. The monoisotopic (exact) mass is 292 g/mol. The van der Waals surface area contributed by atoms with E-state index in [1.165, 1.54) is 0 Å². The fourth-order valence-corrected chi connectivity index (χ4v) is 2.92. The number of amides is 1. The second kappa shape index (κ2) is 6.58. The van der Waals surface area contributed by atoms with Gasteiger partial charge in [0.25, 0.3) is 0 Å². The molecule has 1 aromatic rings. The van der Waals surface area contributed by atoms with E-state index in [0.717, 1.165) is 12.8 Å². The Bertz CT molecular complexity index is 451. The number of benzene rings is 1. The van der Waals surface area contributed by atoms with Crippen LogP contribution in [-0.4, -0.2) is 40.1 Å². The zero-order valence-corrected chi connectivity index (χ0v) is 13.8. The molecule has 1 fully saturated rings. The Labute approximate surface area is 128 Å². The van der Waals surface area contributed by atoms with E-state index in [1.54, 1.807) is 24.3 Å². The van der Waals surface area contributed by atoms with E-state index in [1.807, 2.05) is 6.07 Å². The summed E-state index contributed by atoms with van der Waals surface area (Å²) < 4.78 is 0. The minimum Gasteiger partial charge on any atom is -0.393 e. The number of nitrogens with two attached hydrogens (primary N) is 1. The van der Waals surface area contributed by atoms with Crippen molar-refractivity contribution in [2.45, 2.75) is 57.7 Å². The van der Waals surface area contributed by atoms with Gasteiger partial charge in [0.15, 0.2) is 0 Å². The van der Waals surface area contributed by atoms with Crippen molar-refractivity contribution in [2.75, 3.05) is 7.05 Å². The molecule has 1 aliphatic rings. The Morgan fingerprint density at radius 2 is 1.57 bits per heavy atom. The molecule has 118 valence electrons. The molecule has 0 bridgehead atoms. The highest BCUT2D eigenvalue weighted by molar-refractivity contribution is 5.92. The second-order valence-corrected chi connectivity index (χ2v) is 6.98. The van der Waals surface area contributed by atoms with Gasteiger partial charge in [0.1, 0.15) is 0 Å². The predicted molar refractivity (Wildman–Crippen MR) is 86.1 cm³/mol. The predicted octanol–water partition coefficient (Wildman–Crippen LogP) is 2.42. The average molecular weight is 292 g/mol. The van der Waals surface area contributed by atoms with E-state index in [2.05, 4.69) is 39.6 Å². The van der Waals surface area contributed by atoms with Gasteiger partial charge in [-0.05, 0) is 59.7 Å². The number of hydrogen-bond donors (Lipinski definition) is 2. The van der Waals surface area contributed by atoms with Gasteiger partial charge < -0.3 is 10.8 Å². The zero-order chi connectivity index (χ0) is 16.3. The molecule has 1 amide bonds. The van der Waals surface area contributed by atoms with Gasteiger partial charge in [0.2, 0.25) is 5.91 Å². The van der Waals surface area contributed by atoms with Gasteiger partial charge >= 0.3 is 0 Å². The van der Waals surface area contributed by atoms with Crippen molar-refractivity contribution in [3.8, 4) is 0 Å². The van der Waals surface area contributed by atoms with Gasteiger partial charge in [-0.25, -0.2) is 0 Å². The van der Waals surface area contributed by atoms with Crippen LogP contribution in [0.3, 0.4) is 0 Å². The molecule has 1 heterocycles. The molecule has 3 N–H and O–H groups in total. The molecule has 0 radical (unpaired) electrons. The number of primary amides is 1. The van der Waals surface area contributed by atoms with Crippen LogP contribution in [0.2, 0.25) is 0 Å². The molecular weight excluding hydrogens is 264 g/mol. The highest BCUT2D eigenvalue weighted by Gasteiger charge is 2.42. The summed E-state index contributed by atoms with van der Waals surface area (Å²) in [6.45, 7) is 8.77. The lowest BCUT2D eigenvalue weighted by molar-refractivity contribution is -0.0641. The van der Waals surface area contributed by atoms with E-state index >= 15 is 0 Å². The number of carbonyl (C=O) groups is 1. The molecule has 0 aromatic heterocycles. The normalized spacial score (nSPS) is 21.2. The molecule has 1 saturated heterocycles. The lowest BCUT2D eigenvalue weighted by atomic mass is 9.79. The smallest absolute Gasteiger partial charge is 0.248 e. The van der Waals surface area contributed by atoms with Crippen molar-refractivity contribution >= 4 is 5.91 Å². The molecule has 4 nitrogen and oxygen atoms in total. The van der Waals surface area contributed by atoms with Gasteiger partial charge in [-0.1, -0.05) is 18.2 Å². The minimum atomic E-state index is -0.379. The molecule has 0 spiro atoms. The van der Waals surface area contributed by atoms with Gasteiger partial charge in [0, 0.05) is 16.6 Å². The van der Waals surface area contributed by atoms with Gasteiger partial charge in [-0.2, -0.15) is 0 Å². The Balaban J connectivity index is 0.000000219. The molecule has 21 heavy (non-hydrogen) atoms. The topological polar surface area (TPSA) is 66.6 Å². The Kier molecular flexibility index (Phi) is 5.54. The lowest BCUT2D eigenvalue weighted by Crippen LogP contribution is -2.59. The first-order chi connectivity index (χ1) is 9.56. The number of rotatable bonds is 1. The number of likely N-dealkylation sites (tertiary alicyclic amines) is 1. The number of aliphatic hydroxyl groups is 1. The summed E-state index contributed by atoms with van der Waals surface area (Å²) in [6, 6.07) is 8.76. The van der Waals surface area contributed by atoms with Crippen LogP contribution >= 0.6 is 0 Å². The van der Waals surface area contributed by atoms with Crippen molar-refractivity contribution in [1.29, 1.82) is 0 Å². The fourth-order valence-electron chi connectivity index (χ4n) is 2.92. The van der Waals surface area contributed by atoms with Gasteiger partial charge in [-0.15, -0.1) is 0 Å². The summed E-state index contributed by atoms with van der Waals surface area (Å²) in [4.78, 5) is 12.8. The van der Waals surface area contributed by atoms with Crippen molar-refractivity contribution in [1.82, 2.24) is 4.90 Å². The van der Waals surface area contributed by atoms with Crippen LogP contribution in [0.5, 0.6) is 0 Å². The van der Waals surface area contributed by atoms with E-state index < -0.39 is 0 Å². The molecule has 0 atom stereocenters. The summed E-state index contributed by atoms with van der Waals surface area (Å²) >= 11 is 0. The van der Waals surface area contributed by atoms with E-state index in [-0.39, 0.29) is 23.1 Å². The molecule has 1 aliphatic heterocycles. The molecular formula is C17H28N2O2. The lowest BCUT2D eigenvalue weighted by Gasteiger charge is -2.52. The number of piperidine rings is 1. The van der Waals surface area contributed by atoms with Crippen LogP contribution in [0.4, 0.5) is 0 Å². The minimum absolute atomic E-state index is 0.126. The Hall–Kier alpha value is -1.39. The Morgan fingerprint density at radius 3 is 1.90 bits per heavy atom. The standard InChI is InChI=1S/C10H21NO.C7H7NO/c1-9(2)6-8(12)7-10(3,4)11(9)5;8-7(9)6-4-2-1-3-5-6/h8,12H,6-7H2,1-5H3;1-5H,(H2,8,9). The molecule has 4 heteroatoms. The first kappa shape index (κ1) is 17.7. The van der Waals surface area contributed by atoms with Crippen LogP contribution in [0, 0.1) is 0 Å². The third kappa shape index (κ3) is 4.83. The van der Waals surface area contributed by atoms with E-state index in [0.29, 0.717) is 5.56 Å². The maximum Gasteiger partial charge on any atom is 0.248 e. The summed E-state index contributed by atoms with van der Waals surface area (Å²) in [7, 11) is 2.14. The number of hydrogen-bond acceptors (Lipinski definition) is 3. The average Bonchev–Trinajstić information content (AvgIpc) is 2.36. The molecule has 1 aromatic carbocycles. The van der Waals surface area contributed by atoms with Crippen molar-refractivity contribution in [2.24, 2.45) is 5.73 Å². The summed E-state index contributed by atoms with van der Waals surface area (Å²) in [5, 5.41) is 9.67. The van der Waals surface area contributed by atoms with Crippen LogP contribution in [0.25, 0.3) is 0 Å². The quantitative estimate of drug-likeness (QED) is 0.835. The van der Waals surface area contributed by atoms with Gasteiger partial charge in [-0.3, -0.25) is 9.69 Å². The third-order valence-electron chi connectivity index (χ3n) is 4.34. The largest absolute Gasteiger partial charge is 0.393 e. The maximum atomic E-state index is 10.4. The molecule has 0 unspecified atom stereocenters. The SMILES string of the molecule is CN1C(C)(C)CC(O)CC1(C)C.NC(=O)c1ccccc1. The third-order valence-corrected chi connectivity index (χ3v) is 4.34. The van der Waals surface area contributed by atoms with Crippen LogP contribution < -0.4 is 5.73 Å². The first-order valence-electron chi connectivity index (χ1n) is 7.33. The van der Waals surface area contributed by atoms with Crippen molar-refractivity contribution in [3.63, 3.8) is 0 Å². The number of aliphatic hydroxyl groups excluding tert-OH is 1.